The number of rotatable bonds is 4. The number of nitrogens with zero attached hydrogens (tertiary/aromatic N) is 5. The molecule has 3 N–H and O–H groups in total. The summed E-state index contributed by atoms with van der Waals surface area (Å²) in [6.07, 6.45) is 8.56. The van der Waals surface area contributed by atoms with E-state index in [9.17, 15) is 0 Å². The van der Waals surface area contributed by atoms with Crippen molar-refractivity contribution >= 4 is 0 Å². The molecule has 3 aromatic rings. The molecule has 8 heteroatoms. The third-order valence-corrected chi connectivity index (χ3v) is 2.55. The Labute approximate surface area is 108 Å². The zero-order chi connectivity index (χ0) is 13.1. The van der Waals surface area contributed by atoms with Crippen LogP contribution in [0.5, 0.6) is 0 Å². The van der Waals surface area contributed by atoms with Crippen molar-refractivity contribution in [2.45, 2.75) is 12.5 Å². The molecule has 0 aliphatic heterocycles. The van der Waals surface area contributed by atoms with Gasteiger partial charge in [-0.3, -0.25) is 4.98 Å². The average Bonchev–Trinajstić information content (AvgIpc) is 3.10. The predicted octanol–water partition coefficient (Wildman–Crippen LogP) is 0.492. The molecule has 0 saturated carbocycles. The molecule has 3 aromatic heterocycles. The summed E-state index contributed by atoms with van der Waals surface area (Å²) in [5.41, 5.74) is 7.45. The van der Waals surface area contributed by atoms with Gasteiger partial charge in [0, 0.05) is 30.7 Å². The second-order valence-electron chi connectivity index (χ2n) is 3.93. The summed E-state index contributed by atoms with van der Waals surface area (Å²) >= 11 is 0. The van der Waals surface area contributed by atoms with Crippen molar-refractivity contribution in [1.82, 2.24) is 30.1 Å². The highest BCUT2D eigenvalue weighted by molar-refractivity contribution is 5.45. The van der Waals surface area contributed by atoms with E-state index in [1.54, 1.807) is 31.1 Å². The molecular formula is C11H11N7O. The van der Waals surface area contributed by atoms with Crippen LogP contribution in [-0.2, 0) is 6.42 Å². The van der Waals surface area contributed by atoms with Crippen molar-refractivity contribution < 1.29 is 4.52 Å². The lowest BCUT2D eigenvalue weighted by atomic mass is 10.2. The molecule has 1 atom stereocenters. The Hall–Kier alpha value is -2.61. The third-order valence-electron chi connectivity index (χ3n) is 2.55. The van der Waals surface area contributed by atoms with Crippen LogP contribution in [0.4, 0.5) is 0 Å². The van der Waals surface area contributed by atoms with Gasteiger partial charge in [-0.05, 0) is 0 Å². The maximum absolute atomic E-state index is 6.00. The van der Waals surface area contributed by atoms with Crippen molar-refractivity contribution in [2.24, 2.45) is 5.73 Å². The van der Waals surface area contributed by atoms with Gasteiger partial charge in [0.05, 0.1) is 18.6 Å². The summed E-state index contributed by atoms with van der Waals surface area (Å²) < 4.78 is 5.14. The standard InChI is InChI=1S/C11H11N7O/c12-8(3-7-4-14-6-16-7)11-17-10(18-19-11)9-5-13-1-2-15-9/h1-2,4-6,8H,3,12H2,(H,14,16)/t8-/m0/s1. The summed E-state index contributed by atoms with van der Waals surface area (Å²) in [6.45, 7) is 0. The Morgan fingerprint density at radius 1 is 1.26 bits per heavy atom. The molecule has 8 nitrogen and oxygen atoms in total. The number of aromatic amines is 1. The summed E-state index contributed by atoms with van der Waals surface area (Å²) in [6, 6.07) is -0.390. The number of hydrogen-bond donors (Lipinski definition) is 2. The Bertz CT molecular complexity index is 634. The first-order chi connectivity index (χ1) is 9.33. The quantitative estimate of drug-likeness (QED) is 0.697. The Morgan fingerprint density at radius 3 is 2.95 bits per heavy atom. The molecular weight excluding hydrogens is 246 g/mol. The molecule has 3 heterocycles. The van der Waals surface area contributed by atoms with Gasteiger partial charge in [-0.1, -0.05) is 5.16 Å². The van der Waals surface area contributed by atoms with E-state index in [-0.39, 0.29) is 0 Å². The Balaban J connectivity index is 1.78. The highest BCUT2D eigenvalue weighted by Crippen LogP contribution is 2.16. The summed E-state index contributed by atoms with van der Waals surface area (Å²) in [4.78, 5) is 19.2. The monoisotopic (exact) mass is 257 g/mol. The van der Waals surface area contributed by atoms with Gasteiger partial charge in [0.2, 0.25) is 11.7 Å². The number of aromatic nitrogens is 6. The number of nitrogens with two attached hydrogens (primary N) is 1. The van der Waals surface area contributed by atoms with Crippen molar-refractivity contribution in [1.29, 1.82) is 0 Å². The SMILES string of the molecule is N[C@@H](Cc1cnc[nH]1)c1nc(-c2cnccn2)no1. The fraction of sp³-hybridized carbons (Fsp3) is 0.182. The molecule has 0 spiro atoms. The zero-order valence-electron chi connectivity index (χ0n) is 9.89. The maximum atomic E-state index is 6.00. The van der Waals surface area contributed by atoms with E-state index in [2.05, 4.69) is 30.1 Å². The first-order valence-electron chi connectivity index (χ1n) is 5.66. The molecule has 96 valence electrons. The fourth-order valence-corrected chi connectivity index (χ4v) is 1.62. The first-order valence-corrected chi connectivity index (χ1v) is 5.66. The van der Waals surface area contributed by atoms with Crippen LogP contribution in [0.15, 0.2) is 35.6 Å². The lowest BCUT2D eigenvalue weighted by Gasteiger charge is -2.03. The van der Waals surface area contributed by atoms with Crippen LogP contribution in [0, 0.1) is 0 Å². The van der Waals surface area contributed by atoms with Gasteiger partial charge in [-0.2, -0.15) is 4.98 Å². The van der Waals surface area contributed by atoms with Crippen LogP contribution in [0.3, 0.4) is 0 Å². The van der Waals surface area contributed by atoms with Gasteiger partial charge in [-0.15, -0.1) is 0 Å². The smallest absolute Gasteiger partial charge is 0.244 e. The van der Waals surface area contributed by atoms with E-state index >= 15 is 0 Å². The van der Waals surface area contributed by atoms with Crippen LogP contribution in [0.1, 0.15) is 17.6 Å². The van der Waals surface area contributed by atoms with Crippen LogP contribution in [0.2, 0.25) is 0 Å². The number of imidazole rings is 1. The maximum Gasteiger partial charge on any atom is 0.244 e. The molecule has 0 bridgehead atoms. The van der Waals surface area contributed by atoms with E-state index in [1.165, 1.54) is 0 Å². The Kier molecular flexibility index (Phi) is 2.99. The van der Waals surface area contributed by atoms with E-state index in [0.717, 1.165) is 5.69 Å². The Morgan fingerprint density at radius 2 is 2.21 bits per heavy atom. The molecule has 0 unspecified atom stereocenters. The van der Waals surface area contributed by atoms with E-state index in [0.29, 0.717) is 23.8 Å². The van der Waals surface area contributed by atoms with Gasteiger partial charge in [0.25, 0.3) is 0 Å². The molecule has 0 aliphatic rings. The minimum absolute atomic E-state index is 0.357. The molecule has 0 aromatic carbocycles. The predicted molar refractivity (Wildman–Crippen MR) is 64.5 cm³/mol. The van der Waals surface area contributed by atoms with E-state index < -0.39 is 6.04 Å². The number of nitrogens with one attached hydrogen (secondary N) is 1. The van der Waals surface area contributed by atoms with Gasteiger partial charge in [0.1, 0.15) is 5.69 Å². The van der Waals surface area contributed by atoms with E-state index in [1.807, 2.05) is 0 Å². The molecule has 0 fully saturated rings. The van der Waals surface area contributed by atoms with Crippen molar-refractivity contribution in [3.63, 3.8) is 0 Å². The summed E-state index contributed by atoms with van der Waals surface area (Å²) in [5.74, 6) is 0.735. The minimum atomic E-state index is -0.390. The number of hydrogen-bond acceptors (Lipinski definition) is 7. The second kappa shape index (κ2) is 4.94. The van der Waals surface area contributed by atoms with Gasteiger partial charge in [-0.25, -0.2) is 9.97 Å². The van der Waals surface area contributed by atoms with Gasteiger partial charge >= 0.3 is 0 Å². The van der Waals surface area contributed by atoms with Crippen molar-refractivity contribution in [2.75, 3.05) is 0 Å². The zero-order valence-corrected chi connectivity index (χ0v) is 9.89. The normalized spacial score (nSPS) is 12.5. The molecule has 0 radical (unpaired) electrons. The second-order valence-corrected chi connectivity index (χ2v) is 3.93. The largest absolute Gasteiger partial charge is 0.348 e. The lowest BCUT2D eigenvalue weighted by molar-refractivity contribution is 0.354. The van der Waals surface area contributed by atoms with Crippen LogP contribution in [-0.4, -0.2) is 30.1 Å². The molecule has 3 rings (SSSR count). The topological polar surface area (TPSA) is 119 Å². The number of H-pyrrole nitrogens is 1. The summed E-state index contributed by atoms with van der Waals surface area (Å²) in [7, 11) is 0. The molecule has 0 saturated heterocycles. The molecule has 0 aliphatic carbocycles. The van der Waals surface area contributed by atoms with Crippen molar-refractivity contribution in [3.05, 3.63) is 42.7 Å². The van der Waals surface area contributed by atoms with Gasteiger partial charge < -0.3 is 15.2 Å². The van der Waals surface area contributed by atoms with Crippen LogP contribution < -0.4 is 5.73 Å². The van der Waals surface area contributed by atoms with Crippen molar-refractivity contribution in [3.8, 4) is 11.5 Å². The van der Waals surface area contributed by atoms with Crippen LogP contribution >= 0.6 is 0 Å². The first kappa shape index (κ1) is 11.5. The lowest BCUT2D eigenvalue weighted by Crippen LogP contribution is -2.14. The minimum Gasteiger partial charge on any atom is -0.348 e. The summed E-state index contributed by atoms with van der Waals surface area (Å²) in [5, 5.41) is 3.84. The van der Waals surface area contributed by atoms with Gasteiger partial charge in [0.15, 0.2) is 0 Å². The van der Waals surface area contributed by atoms with E-state index in [4.69, 9.17) is 10.3 Å². The molecule has 19 heavy (non-hydrogen) atoms. The third kappa shape index (κ3) is 2.47. The molecule has 0 amide bonds. The average molecular weight is 257 g/mol. The highest BCUT2D eigenvalue weighted by atomic mass is 16.5. The van der Waals surface area contributed by atoms with Crippen LogP contribution in [0.25, 0.3) is 11.5 Å². The fourth-order valence-electron chi connectivity index (χ4n) is 1.62. The highest BCUT2D eigenvalue weighted by Gasteiger charge is 2.17.